The highest BCUT2D eigenvalue weighted by Crippen LogP contribution is 2.41. The zero-order chi connectivity index (χ0) is 27.4. The molecule has 0 bridgehead atoms. The zero-order valence-electron chi connectivity index (χ0n) is 25.2. The van der Waals surface area contributed by atoms with Crippen LogP contribution in [0.2, 0.25) is 0 Å². The Morgan fingerprint density at radius 3 is 1.14 bits per heavy atom. The number of carbonyl (C=O) groups excluding carboxylic acids is 2. The van der Waals surface area contributed by atoms with Crippen molar-refractivity contribution in [2.45, 2.75) is 168 Å². The molecule has 0 radical (unpaired) electrons. The lowest BCUT2D eigenvalue weighted by molar-refractivity contribution is -0.163. The van der Waals surface area contributed by atoms with Gasteiger partial charge in [0.2, 0.25) is 0 Å². The molecular weight excluding hydrogens is 452 g/mol. The maximum atomic E-state index is 12.6. The zero-order valence-corrected chi connectivity index (χ0v) is 25.2. The molecule has 0 aromatic heterocycles. The van der Waals surface area contributed by atoms with Gasteiger partial charge >= 0.3 is 11.9 Å². The summed E-state index contributed by atoms with van der Waals surface area (Å²) < 4.78 is 11.8. The molecule has 2 saturated heterocycles. The first-order valence-corrected chi connectivity index (χ1v) is 14.5. The normalized spacial score (nSPS) is 24.4. The largest absolute Gasteiger partial charge is 0.462 e. The number of ether oxygens (including phenoxy) is 2. The number of unbranched alkanes of at least 4 members (excludes halogenated alkanes) is 1. The van der Waals surface area contributed by atoms with E-state index in [0.29, 0.717) is 25.7 Å². The minimum atomic E-state index is -0.143. The molecule has 6 nitrogen and oxygen atoms in total. The number of hydrogen-bond acceptors (Lipinski definition) is 6. The summed E-state index contributed by atoms with van der Waals surface area (Å²) in [5, 5.41) is 0. The van der Waals surface area contributed by atoms with Crippen LogP contribution in [0.1, 0.15) is 133 Å². The van der Waals surface area contributed by atoms with Crippen LogP contribution in [-0.4, -0.2) is 69.2 Å². The van der Waals surface area contributed by atoms with Crippen LogP contribution in [0.25, 0.3) is 0 Å². The van der Waals surface area contributed by atoms with Gasteiger partial charge in [0.1, 0.15) is 12.2 Å². The van der Waals surface area contributed by atoms with Gasteiger partial charge in [-0.15, -0.1) is 0 Å². The molecule has 6 heteroatoms. The van der Waals surface area contributed by atoms with E-state index in [1.54, 1.807) is 0 Å². The van der Waals surface area contributed by atoms with Crippen LogP contribution in [0.4, 0.5) is 0 Å². The number of piperidine rings is 2. The van der Waals surface area contributed by atoms with Crippen LogP contribution in [0.3, 0.4) is 0 Å². The maximum absolute atomic E-state index is 12.6. The van der Waals surface area contributed by atoms with E-state index in [1.807, 2.05) is 0 Å². The second kappa shape index (κ2) is 12.1. The Balaban J connectivity index is 1.75. The van der Waals surface area contributed by atoms with Crippen molar-refractivity contribution in [1.82, 2.24) is 9.80 Å². The van der Waals surface area contributed by atoms with Gasteiger partial charge in [0, 0.05) is 60.7 Å². The number of esters is 2. The van der Waals surface area contributed by atoms with Gasteiger partial charge < -0.3 is 9.47 Å². The minimum absolute atomic E-state index is 0.00227. The van der Waals surface area contributed by atoms with Crippen molar-refractivity contribution in [1.29, 1.82) is 0 Å². The van der Waals surface area contributed by atoms with Crippen molar-refractivity contribution in [3.05, 3.63) is 0 Å². The third-order valence-corrected chi connectivity index (χ3v) is 8.33. The predicted molar refractivity (Wildman–Crippen MR) is 147 cm³/mol. The molecule has 2 heterocycles. The van der Waals surface area contributed by atoms with Gasteiger partial charge in [0.05, 0.1) is 0 Å². The van der Waals surface area contributed by atoms with Crippen LogP contribution in [0.15, 0.2) is 0 Å². The van der Waals surface area contributed by atoms with E-state index in [2.05, 4.69) is 79.0 Å². The maximum Gasteiger partial charge on any atom is 0.306 e. The second-order valence-electron chi connectivity index (χ2n) is 13.8. The average molecular weight is 509 g/mol. The van der Waals surface area contributed by atoms with E-state index in [4.69, 9.17) is 9.47 Å². The third-order valence-electron chi connectivity index (χ3n) is 8.33. The Hall–Kier alpha value is -1.14. The van der Waals surface area contributed by atoms with Gasteiger partial charge in [-0.1, -0.05) is 13.8 Å². The van der Waals surface area contributed by atoms with Crippen molar-refractivity contribution in [2.24, 2.45) is 0 Å². The SMILES string of the molecule is CCCN1C(C)(C)CC(OC(=O)CCCCC(=O)OC2CC(C)(C)N(CCC)C(C)(C)C2)CC1(C)C. The molecule has 0 amide bonds. The summed E-state index contributed by atoms with van der Waals surface area (Å²) in [5.41, 5.74) is 0.00907. The van der Waals surface area contributed by atoms with Crippen molar-refractivity contribution < 1.29 is 19.1 Å². The van der Waals surface area contributed by atoms with Gasteiger partial charge in [-0.2, -0.15) is 0 Å². The molecule has 210 valence electrons. The van der Waals surface area contributed by atoms with Gasteiger partial charge in [-0.25, -0.2) is 0 Å². The van der Waals surface area contributed by atoms with Crippen molar-refractivity contribution >= 4 is 11.9 Å². The fraction of sp³-hybridized carbons (Fsp3) is 0.933. The smallest absolute Gasteiger partial charge is 0.306 e. The van der Waals surface area contributed by atoms with Crippen molar-refractivity contribution in [3.63, 3.8) is 0 Å². The molecule has 2 fully saturated rings. The predicted octanol–water partition coefficient (Wildman–Crippen LogP) is 6.50. The van der Waals surface area contributed by atoms with E-state index in [0.717, 1.165) is 51.6 Å². The number of carbonyl (C=O) groups is 2. The quantitative estimate of drug-likeness (QED) is 0.235. The highest BCUT2D eigenvalue weighted by molar-refractivity contribution is 5.71. The number of rotatable bonds is 11. The van der Waals surface area contributed by atoms with Crippen molar-refractivity contribution in [2.75, 3.05) is 13.1 Å². The van der Waals surface area contributed by atoms with Gasteiger partial charge in [-0.3, -0.25) is 19.4 Å². The monoisotopic (exact) mass is 508 g/mol. The molecule has 0 atom stereocenters. The molecule has 0 aromatic carbocycles. The van der Waals surface area contributed by atoms with E-state index in [-0.39, 0.29) is 46.3 Å². The van der Waals surface area contributed by atoms with Crippen LogP contribution >= 0.6 is 0 Å². The second-order valence-corrected chi connectivity index (χ2v) is 13.8. The fourth-order valence-electron chi connectivity index (χ4n) is 7.31. The van der Waals surface area contributed by atoms with E-state index >= 15 is 0 Å². The molecule has 36 heavy (non-hydrogen) atoms. The molecule has 0 N–H and O–H groups in total. The molecule has 0 unspecified atom stereocenters. The summed E-state index contributed by atoms with van der Waals surface area (Å²) in [7, 11) is 0. The topological polar surface area (TPSA) is 59.1 Å². The molecule has 2 aliphatic rings. The molecule has 0 aliphatic carbocycles. The van der Waals surface area contributed by atoms with Gasteiger partial charge in [0.25, 0.3) is 0 Å². The first kappa shape index (κ1) is 31.1. The summed E-state index contributed by atoms with van der Waals surface area (Å²) in [5.74, 6) is -0.286. The summed E-state index contributed by atoms with van der Waals surface area (Å²) >= 11 is 0. The first-order chi connectivity index (χ1) is 16.5. The molecular formula is C30H56N2O4. The number of likely N-dealkylation sites (tertiary alicyclic amines) is 2. The lowest BCUT2D eigenvalue weighted by atomic mass is 9.78. The molecule has 0 saturated carbocycles. The highest BCUT2D eigenvalue weighted by Gasteiger charge is 2.47. The fourth-order valence-corrected chi connectivity index (χ4v) is 7.31. The summed E-state index contributed by atoms with van der Waals surface area (Å²) in [6, 6.07) is 0. The number of nitrogens with zero attached hydrogens (tertiary/aromatic N) is 2. The van der Waals surface area contributed by atoms with Crippen LogP contribution in [0, 0.1) is 0 Å². The molecule has 2 rings (SSSR count). The Bertz CT molecular complexity index is 645. The molecule has 0 aromatic rings. The van der Waals surface area contributed by atoms with E-state index in [1.165, 1.54) is 0 Å². The van der Waals surface area contributed by atoms with Gasteiger partial charge in [0.15, 0.2) is 0 Å². The summed E-state index contributed by atoms with van der Waals surface area (Å²) in [6.07, 6.45) is 7.60. The molecule has 2 aliphatic heterocycles. The van der Waals surface area contributed by atoms with Crippen LogP contribution in [-0.2, 0) is 19.1 Å². The minimum Gasteiger partial charge on any atom is -0.462 e. The standard InChI is InChI=1S/C30H56N2O4/c1-11-17-31-27(3,4)19-23(20-28(31,5)6)35-25(33)15-13-14-16-26(34)36-24-21-29(7,8)32(18-12-2)30(9,10)22-24/h23-24H,11-22H2,1-10H3. The first-order valence-electron chi connectivity index (χ1n) is 14.5. The highest BCUT2D eigenvalue weighted by atomic mass is 16.5. The lowest BCUT2D eigenvalue weighted by Gasteiger charge is -2.55. The lowest BCUT2D eigenvalue weighted by Crippen LogP contribution is -2.62. The Morgan fingerprint density at radius 2 is 0.889 bits per heavy atom. The molecule has 0 spiro atoms. The van der Waals surface area contributed by atoms with E-state index < -0.39 is 0 Å². The summed E-state index contributed by atoms with van der Waals surface area (Å²) in [4.78, 5) is 30.3. The summed E-state index contributed by atoms with van der Waals surface area (Å²) in [6.45, 7) is 24.6. The Labute approximate surface area is 221 Å². The third kappa shape index (κ3) is 8.18. The van der Waals surface area contributed by atoms with Gasteiger partial charge in [-0.05, 0) is 94.2 Å². The number of hydrogen-bond donors (Lipinski definition) is 0. The van der Waals surface area contributed by atoms with Crippen LogP contribution < -0.4 is 0 Å². The Morgan fingerprint density at radius 1 is 0.611 bits per heavy atom. The van der Waals surface area contributed by atoms with E-state index in [9.17, 15) is 9.59 Å². The average Bonchev–Trinajstić information content (AvgIpc) is 2.69. The Kier molecular flexibility index (Phi) is 10.5. The van der Waals surface area contributed by atoms with Crippen molar-refractivity contribution in [3.8, 4) is 0 Å². The van der Waals surface area contributed by atoms with Crippen LogP contribution in [0.5, 0.6) is 0 Å².